The molecule has 1 fully saturated rings. The fourth-order valence-corrected chi connectivity index (χ4v) is 4.38. The summed E-state index contributed by atoms with van der Waals surface area (Å²) in [5.74, 6) is 1.28. The molecule has 0 radical (unpaired) electrons. The minimum Gasteiger partial charge on any atom is -0.333 e. The normalized spacial score (nSPS) is 13.6. The lowest BCUT2D eigenvalue weighted by molar-refractivity contribution is -0.116. The molecule has 0 bridgehead atoms. The third-order valence-corrected chi connectivity index (χ3v) is 6.09. The number of hydrogen-bond donors (Lipinski definition) is 2. The molecule has 1 aromatic heterocycles. The molecule has 0 aliphatic heterocycles. The van der Waals surface area contributed by atoms with E-state index in [2.05, 4.69) is 40.3 Å². The van der Waals surface area contributed by atoms with Crippen LogP contribution in [-0.4, -0.2) is 22.9 Å². The van der Waals surface area contributed by atoms with Crippen LogP contribution in [0.15, 0.2) is 66.9 Å². The van der Waals surface area contributed by atoms with Crippen LogP contribution in [0.3, 0.4) is 0 Å². The largest absolute Gasteiger partial charge is 0.333 e. The Hall–Kier alpha value is -3.05. The minimum atomic E-state index is 0.0163. The zero-order valence-corrected chi connectivity index (χ0v) is 19.7. The second-order valence-corrected chi connectivity index (χ2v) is 8.51. The smallest absolute Gasteiger partial charge is 0.225 e. The Balaban J connectivity index is 0.00000149. The quantitative estimate of drug-likeness (QED) is 0.460. The van der Waals surface area contributed by atoms with Crippen LogP contribution in [0.1, 0.15) is 56.2 Å². The maximum absolute atomic E-state index is 12.6. The summed E-state index contributed by atoms with van der Waals surface area (Å²) in [5, 5.41) is 3.05. The molecule has 1 saturated carbocycles. The Morgan fingerprint density at radius 2 is 1.64 bits per heavy atom. The second kappa shape index (κ2) is 13.5. The van der Waals surface area contributed by atoms with Crippen molar-refractivity contribution >= 4 is 11.7 Å². The molecule has 4 rings (SSSR count). The Morgan fingerprint density at radius 3 is 2.33 bits per heavy atom. The summed E-state index contributed by atoms with van der Waals surface area (Å²) in [5.41, 5.74) is 8.61. The van der Waals surface area contributed by atoms with Gasteiger partial charge in [0.2, 0.25) is 5.91 Å². The maximum atomic E-state index is 12.6. The number of carbonyl (C=O) groups is 1. The SMILES string of the molecule is CN.O=C(CCCc1ccccc1)Nc1ncc(-c2ccccc2)nc1CC1CCCCC1. The van der Waals surface area contributed by atoms with Gasteiger partial charge >= 0.3 is 0 Å². The van der Waals surface area contributed by atoms with Crippen molar-refractivity contribution in [2.75, 3.05) is 12.4 Å². The van der Waals surface area contributed by atoms with Gasteiger partial charge in [-0.1, -0.05) is 92.8 Å². The summed E-state index contributed by atoms with van der Waals surface area (Å²) in [7, 11) is 1.50. The van der Waals surface area contributed by atoms with Gasteiger partial charge in [0.15, 0.2) is 5.82 Å². The van der Waals surface area contributed by atoms with Crippen molar-refractivity contribution in [2.45, 2.75) is 57.8 Å². The summed E-state index contributed by atoms with van der Waals surface area (Å²) in [6, 6.07) is 20.4. The summed E-state index contributed by atoms with van der Waals surface area (Å²) in [6.07, 6.45) is 11.3. The van der Waals surface area contributed by atoms with E-state index in [0.717, 1.165) is 36.2 Å². The number of nitrogens with one attached hydrogen (secondary N) is 1. The Kier molecular flexibility index (Phi) is 10.0. The molecule has 5 nitrogen and oxygen atoms in total. The van der Waals surface area contributed by atoms with Crippen molar-refractivity contribution in [3.05, 3.63) is 78.1 Å². The first-order chi connectivity index (χ1) is 16.3. The molecule has 2 aromatic carbocycles. The molecule has 33 heavy (non-hydrogen) atoms. The molecule has 1 aliphatic rings. The number of hydrogen-bond acceptors (Lipinski definition) is 4. The van der Waals surface area contributed by atoms with E-state index in [0.29, 0.717) is 18.2 Å². The average molecular weight is 445 g/mol. The molecule has 3 aromatic rings. The van der Waals surface area contributed by atoms with Crippen molar-refractivity contribution in [1.82, 2.24) is 9.97 Å². The van der Waals surface area contributed by atoms with Gasteiger partial charge in [-0.15, -0.1) is 0 Å². The monoisotopic (exact) mass is 444 g/mol. The third-order valence-electron chi connectivity index (χ3n) is 6.09. The molecule has 0 spiro atoms. The van der Waals surface area contributed by atoms with Crippen LogP contribution < -0.4 is 11.1 Å². The zero-order valence-electron chi connectivity index (χ0n) is 19.7. The highest BCUT2D eigenvalue weighted by Crippen LogP contribution is 2.29. The molecule has 3 N–H and O–H groups in total. The van der Waals surface area contributed by atoms with Crippen molar-refractivity contribution < 1.29 is 4.79 Å². The van der Waals surface area contributed by atoms with E-state index < -0.39 is 0 Å². The van der Waals surface area contributed by atoms with Crippen LogP contribution in [0.5, 0.6) is 0 Å². The number of aromatic nitrogens is 2. The van der Waals surface area contributed by atoms with Crippen LogP contribution in [0.25, 0.3) is 11.3 Å². The molecule has 174 valence electrons. The highest BCUT2D eigenvalue weighted by molar-refractivity contribution is 5.90. The summed E-state index contributed by atoms with van der Waals surface area (Å²) in [4.78, 5) is 22.2. The molecule has 0 unspecified atom stereocenters. The van der Waals surface area contributed by atoms with E-state index in [4.69, 9.17) is 4.98 Å². The predicted octanol–water partition coefficient (Wildman–Crippen LogP) is 5.80. The molecule has 0 saturated heterocycles. The van der Waals surface area contributed by atoms with E-state index in [1.807, 2.05) is 36.4 Å². The van der Waals surface area contributed by atoms with Gasteiger partial charge in [-0.2, -0.15) is 0 Å². The van der Waals surface area contributed by atoms with E-state index in [9.17, 15) is 4.79 Å². The van der Waals surface area contributed by atoms with Crippen molar-refractivity contribution in [3.8, 4) is 11.3 Å². The topological polar surface area (TPSA) is 80.9 Å². The number of rotatable bonds is 8. The molecule has 1 amide bonds. The number of benzene rings is 2. The van der Waals surface area contributed by atoms with Gasteiger partial charge in [0.25, 0.3) is 0 Å². The Bertz CT molecular complexity index is 970. The highest BCUT2D eigenvalue weighted by atomic mass is 16.1. The zero-order chi connectivity index (χ0) is 23.3. The molecular weight excluding hydrogens is 408 g/mol. The number of anilines is 1. The van der Waals surface area contributed by atoms with Crippen molar-refractivity contribution in [1.29, 1.82) is 0 Å². The Morgan fingerprint density at radius 1 is 0.970 bits per heavy atom. The van der Waals surface area contributed by atoms with Crippen LogP contribution in [0, 0.1) is 5.92 Å². The van der Waals surface area contributed by atoms with Crippen LogP contribution in [0.4, 0.5) is 5.82 Å². The number of nitrogens with two attached hydrogens (primary N) is 1. The lowest BCUT2D eigenvalue weighted by atomic mass is 9.86. The summed E-state index contributed by atoms with van der Waals surface area (Å²) < 4.78 is 0. The summed E-state index contributed by atoms with van der Waals surface area (Å²) in [6.45, 7) is 0. The molecule has 1 heterocycles. The number of aryl methyl sites for hydroxylation is 1. The molecule has 1 aliphatic carbocycles. The van der Waals surface area contributed by atoms with Gasteiger partial charge in [0.05, 0.1) is 17.6 Å². The van der Waals surface area contributed by atoms with Gasteiger partial charge in [-0.25, -0.2) is 9.97 Å². The first kappa shape index (κ1) is 24.6. The first-order valence-corrected chi connectivity index (χ1v) is 12.1. The number of carbonyl (C=O) groups excluding carboxylic acids is 1. The standard InChI is InChI=1S/C27H31N3O.CH5N/c31-26(18-10-15-21-11-4-1-5-12-21)30-27-24(19-22-13-6-2-7-14-22)29-25(20-28-27)23-16-8-3-9-17-23;1-2/h1,3-5,8-9,11-12,16-17,20,22H,2,6-7,10,13-15,18-19H2,(H,28,30,31);2H2,1H3. The molecule has 5 heteroatoms. The van der Waals surface area contributed by atoms with E-state index >= 15 is 0 Å². The third kappa shape index (κ3) is 7.79. The van der Waals surface area contributed by atoms with Crippen LogP contribution in [0.2, 0.25) is 0 Å². The Labute approximate surface area is 197 Å². The highest BCUT2D eigenvalue weighted by Gasteiger charge is 2.19. The minimum absolute atomic E-state index is 0.0163. The summed E-state index contributed by atoms with van der Waals surface area (Å²) >= 11 is 0. The van der Waals surface area contributed by atoms with Crippen molar-refractivity contribution in [2.24, 2.45) is 11.7 Å². The van der Waals surface area contributed by atoms with Crippen LogP contribution >= 0.6 is 0 Å². The average Bonchev–Trinajstić information content (AvgIpc) is 2.88. The van der Waals surface area contributed by atoms with Gasteiger partial charge in [-0.3, -0.25) is 4.79 Å². The lowest BCUT2D eigenvalue weighted by Gasteiger charge is -2.22. The number of amides is 1. The van der Waals surface area contributed by atoms with Gasteiger partial charge in [0.1, 0.15) is 0 Å². The molecular formula is C28H36N4O. The van der Waals surface area contributed by atoms with E-state index in [-0.39, 0.29) is 5.91 Å². The molecule has 0 atom stereocenters. The number of nitrogens with zero attached hydrogens (tertiary/aromatic N) is 2. The second-order valence-electron chi connectivity index (χ2n) is 8.51. The van der Waals surface area contributed by atoms with Crippen LogP contribution in [-0.2, 0) is 17.6 Å². The predicted molar refractivity (Wildman–Crippen MR) is 136 cm³/mol. The first-order valence-electron chi connectivity index (χ1n) is 12.1. The maximum Gasteiger partial charge on any atom is 0.225 e. The van der Waals surface area contributed by atoms with Gasteiger partial charge in [0, 0.05) is 12.0 Å². The van der Waals surface area contributed by atoms with E-state index in [1.165, 1.54) is 44.7 Å². The van der Waals surface area contributed by atoms with E-state index in [1.54, 1.807) is 6.20 Å². The fraction of sp³-hybridized carbons (Fsp3) is 0.393. The fourth-order valence-electron chi connectivity index (χ4n) is 4.38. The van der Waals surface area contributed by atoms with Gasteiger partial charge in [-0.05, 0) is 37.8 Å². The van der Waals surface area contributed by atoms with Gasteiger partial charge < -0.3 is 11.1 Å². The lowest BCUT2D eigenvalue weighted by Crippen LogP contribution is -2.18. The van der Waals surface area contributed by atoms with Crippen molar-refractivity contribution in [3.63, 3.8) is 0 Å².